The maximum atomic E-state index is 12.9. The van der Waals surface area contributed by atoms with Crippen molar-refractivity contribution in [2.24, 2.45) is 0 Å². The molecule has 174 valence electrons. The minimum absolute atomic E-state index is 0.137. The molecule has 1 fully saturated rings. The molecule has 6 nitrogen and oxygen atoms in total. The van der Waals surface area contributed by atoms with Gasteiger partial charge in [-0.15, -0.1) is 10.2 Å². The fourth-order valence-corrected chi connectivity index (χ4v) is 4.99. The summed E-state index contributed by atoms with van der Waals surface area (Å²) in [4.78, 5) is 14.8. The molecule has 1 saturated heterocycles. The molecule has 1 aliphatic heterocycles. The van der Waals surface area contributed by atoms with Crippen LogP contribution in [-0.4, -0.2) is 50.5 Å². The van der Waals surface area contributed by atoms with Crippen molar-refractivity contribution < 1.29 is 9.53 Å². The first kappa shape index (κ1) is 23.4. The van der Waals surface area contributed by atoms with Crippen LogP contribution in [0.4, 0.5) is 0 Å². The Morgan fingerprint density at radius 3 is 2.42 bits per heavy atom. The Morgan fingerprint density at radius 1 is 0.970 bits per heavy atom. The minimum Gasteiger partial charge on any atom is -0.490 e. The molecule has 0 saturated carbocycles. The van der Waals surface area contributed by atoms with Gasteiger partial charge in [0.25, 0.3) is 0 Å². The fourth-order valence-electron chi connectivity index (χ4n) is 4.09. The number of carbonyl (C=O) groups excluding carboxylic acids is 1. The van der Waals surface area contributed by atoms with Crippen molar-refractivity contribution in [3.8, 4) is 11.4 Å². The van der Waals surface area contributed by atoms with Crippen LogP contribution in [0.25, 0.3) is 5.69 Å². The summed E-state index contributed by atoms with van der Waals surface area (Å²) >= 11 is 1.45. The first-order valence-corrected chi connectivity index (χ1v) is 12.4. The van der Waals surface area contributed by atoms with Gasteiger partial charge in [-0.1, -0.05) is 30.0 Å². The van der Waals surface area contributed by atoms with Gasteiger partial charge in [0, 0.05) is 25.9 Å². The summed E-state index contributed by atoms with van der Waals surface area (Å²) in [6.07, 6.45) is 1.85. The van der Waals surface area contributed by atoms with Crippen molar-refractivity contribution >= 4 is 17.7 Å². The van der Waals surface area contributed by atoms with Crippen LogP contribution in [0.15, 0.2) is 41.6 Å². The molecule has 1 aliphatic rings. The molecule has 0 N–H and O–H groups in total. The van der Waals surface area contributed by atoms with Crippen LogP contribution in [0, 0.1) is 34.6 Å². The van der Waals surface area contributed by atoms with E-state index in [1.165, 1.54) is 28.5 Å². The molecule has 0 spiro atoms. The average molecular weight is 465 g/mol. The number of thioether (sulfide) groups is 1. The van der Waals surface area contributed by atoms with Crippen LogP contribution in [-0.2, 0) is 4.79 Å². The number of hydrogen-bond acceptors (Lipinski definition) is 5. The molecule has 33 heavy (non-hydrogen) atoms. The second kappa shape index (κ2) is 10.00. The third kappa shape index (κ3) is 5.41. The van der Waals surface area contributed by atoms with Crippen molar-refractivity contribution in [2.75, 3.05) is 18.8 Å². The highest BCUT2D eigenvalue weighted by molar-refractivity contribution is 7.99. The molecule has 2 heterocycles. The van der Waals surface area contributed by atoms with Crippen molar-refractivity contribution in [3.05, 3.63) is 64.5 Å². The summed E-state index contributed by atoms with van der Waals surface area (Å²) < 4.78 is 8.22. The van der Waals surface area contributed by atoms with Gasteiger partial charge < -0.3 is 9.64 Å². The van der Waals surface area contributed by atoms with Gasteiger partial charge in [0.15, 0.2) is 5.16 Å². The molecule has 0 bridgehead atoms. The molecule has 4 rings (SSSR count). The zero-order chi connectivity index (χ0) is 23.5. The lowest BCUT2D eigenvalue weighted by Crippen LogP contribution is -2.42. The molecular weight excluding hydrogens is 432 g/mol. The Kier molecular flexibility index (Phi) is 7.08. The molecule has 3 aromatic rings. The number of nitrogens with zero attached hydrogens (tertiary/aromatic N) is 4. The van der Waals surface area contributed by atoms with Crippen LogP contribution >= 0.6 is 11.8 Å². The average Bonchev–Trinajstić information content (AvgIpc) is 3.17. The lowest BCUT2D eigenvalue weighted by Gasteiger charge is -2.32. The second-order valence-electron chi connectivity index (χ2n) is 8.89. The van der Waals surface area contributed by atoms with Gasteiger partial charge in [0.05, 0.1) is 11.4 Å². The van der Waals surface area contributed by atoms with Crippen molar-refractivity contribution in [1.82, 2.24) is 19.7 Å². The number of hydrogen-bond donors (Lipinski definition) is 0. The number of aromatic nitrogens is 3. The number of piperidine rings is 1. The van der Waals surface area contributed by atoms with E-state index in [-0.39, 0.29) is 12.0 Å². The lowest BCUT2D eigenvalue weighted by molar-refractivity contribution is -0.130. The Morgan fingerprint density at radius 2 is 1.70 bits per heavy atom. The van der Waals surface area contributed by atoms with Gasteiger partial charge in [-0.25, -0.2) is 0 Å². The fraction of sp³-hybridized carbons (Fsp3) is 0.423. The lowest BCUT2D eigenvalue weighted by atomic mass is 10.1. The van der Waals surface area contributed by atoms with Crippen LogP contribution < -0.4 is 4.74 Å². The zero-order valence-electron chi connectivity index (χ0n) is 20.1. The summed E-state index contributed by atoms with van der Waals surface area (Å²) in [6, 6.07) is 12.6. The van der Waals surface area contributed by atoms with E-state index in [1.54, 1.807) is 0 Å². The topological polar surface area (TPSA) is 60.2 Å². The highest BCUT2D eigenvalue weighted by atomic mass is 32.2. The van der Waals surface area contributed by atoms with Crippen molar-refractivity contribution in [1.29, 1.82) is 0 Å². The summed E-state index contributed by atoms with van der Waals surface area (Å²) in [5.74, 6) is 2.23. The Hall–Kier alpha value is -2.80. The van der Waals surface area contributed by atoms with E-state index < -0.39 is 0 Å². The van der Waals surface area contributed by atoms with E-state index >= 15 is 0 Å². The number of amides is 1. The van der Waals surface area contributed by atoms with Gasteiger partial charge in [-0.2, -0.15) is 0 Å². The van der Waals surface area contributed by atoms with E-state index in [2.05, 4.69) is 68.2 Å². The molecule has 1 amide bonds. The molecule has 0 radical (unpaired) electrons. The number of carbonyl (C=O) groups is 1. The van der Waals surface area contributed by atoms with Crippen LogP contribution in [0.5, 0.6) is 5.75 Å². The number of rotatable bonds is 6. The minimum atomic E-state index is 0.137. The highest BCUT2D eigenvalue weighted by Gasteiger charge is 2.25. The SMILES string of the molecule is Cc1ccc(C)c(-n2c(C)nnc2SCC(=O)N2CCC(Oc3ccc(C)c(C)c3)CC2)c1. The van der Waals surface area contributed by atoms with E-state index in [9.17, 15) is 4.79 Å². The number of ether oxygens (including phenoxy) is 1. The summed E-state index contributed by atoms with van der Waals surface area (Å²) in [5, 5.41) is 9.36. The second-order valence-corrected chi connectivity index (χ2v) is 9.83. The zero-order valence-corrected chi connectivity index (χ0v) is 20.9. The summed E-state index contributed by atoms with van der Waals surface area (Å²) in [6.45, 7) is 11.7. The van der Waals surface area contributed by atoms with Crippen molar-refractivity contribution in [3.63, 3.8) is 0 Å². The van der Waals surface area contributed by atoms with Gasteiger partial charge in [0.1, 0.15) is 17.7 Å². The molecule has 0 unspecified atom stereocenters. The number of benzene rings is 2. The third-order valence-corrected chi connectivity index (χ3v) is 7.21. The van der Waals surface area contributed by atoms with Crippen LogP contribution in [0.2, 0.25) is 0 Å². The molecular formula is C26H32N4O2S. The van der Waals surface area contributed by atoms with Gasteiger partial charge in [-0.3, -0.25) is 9.36 Å². The van der Waals surface area contributed by atoms with E-state index in [0.717, 1.165) is 53.9 Å². The normalized spacial score (nSPS) is 14.5. The monoisotopic (exact) mass is 464 g/mol. The van der Waals surface area contributed by atoms with E-state index in [1.807, 2.05) is 22.5 Å². The molecule has 1 aromatic heterocycles. The van der Waals surface area contributed by atoms with Crippen LogP contribution in [0.3, 0.4) is 0 Å². The van der Waals surface area contributed by atoms with E-state index in [4.69, 9.17) is 4.74 Å². The molecule has 0 aliphatic carbocycles. The molecule has 7 heteroatoms. The Balaban J connectivity index is 1.33. The Bertz CT molecular complexity index is 1150. The predicted molar refractivity (Wildman–Crippen MR) is 132 cm³/mol. The van der Waals surface area contributed by atoms with E-state index in [0.29, 0.717) is 5.75 Å². The predicted octanol–water partition coefficient (Wildman–Crippen LogP) is 4.97. The standard InChI is InChI=1S/C26H32N4O2S/c1-17-6-7-19(3)24(14-17)30-21(5)27-28-26(30)33-16-25(31)29-12-10-22(11-13-29)32-23-9-8-18(2)20(4)15-23/h6-9,14-15,22H,10-13,16H2,1-5H3. The molecule has 0 atom stereocenters. The smallest absolute Gasteiger partial charge is 0.233 e. The first-order valence-electron chi connectivity index (χ1n) is 11.5. The molecule has 2 aromatic carbocycles. The summed E-state index contributed by atoms with van der Waals surface area (Å²) in [5.41, 5.74) is 5.91. The van der Waals surface area contributed by atoms with Crippen molar-refractivity contribution in [2.45, 2.75) is 58.7 Å². The quantitative estimate of drug-likeness (QED) is 0.482. The third-order valence-electron chi connectivity index (χ3n) is 6.30. The number of aryl methyl sites for hydroxylation is 5. The summed E-state index contributed by atoms with van der Waals surface area (Å²) in [7, 11) is 0. The number of likely N-dealkylation sites (tertiary alicyclic amines) is 1. The Labute approximate surface area is 200 Å². The largest absolute Gasteiger partial charge is 0.490 e. The van der Waals surface area contributed by atoms with Gasteiger partial charge >= 0.3 is 0 Å². The highest BCUT2D eigenvalue weighted by Crippen LogP contribution is 2.26. The van der Waals surface area contributed by atoms with Gasteiger partial charge in [0.2, 0.25) is 5.91 Å². The maximum absolute atomic E-state index is 12.9. The van der Waals surface area contributed by atoms with Crippen LogP contribution in [0.1, 0.15) is 40.9 Å². The maximum Gasteiger partial charge on any atom is 0.233 e. The van der Waals surface area contributed by atoms with Gasteiger partial charge in [-0.05, 0) is 75.1 Å². The first-order chi connectivity index (χ1) is 15.8.